The number of hydrogen-bond acceptors (Lipinski definition) is 3. The van der Waals surface area contributed by atoms with Gasteiger partial charge in [0.25, 0.3) is 5.91 Å². The molecule has 0 unspecified atom stereocenters. The largest absolute Gasteiger partial charge is 0.497 e. The predicted molar refractivity (Wildman–Crippen MR) is 90.7 cm³/mol. The minimum Gasteiger partial charge on any atom is -0.497 e. The van der Waals surface area contributed by atoms with Crippen molar-refractivity contribution in [3.63, 3.8) is 0 Å². The fourth-order valence-corrected chi connectivity index (χ4v) is 3.97. The average molecular weight is 367 g/mol. The van der Waals surface area contributed by atoms with Crippen LogP contribution in [0.25, 0.3) is 0 Å². The van der Waals surface area contributed by atoms with Crippen LogP contribution >= 0.6 is 11.8 Å². The van der Waals surface area contributed by atoms with Gasteiger partial charge in [0.05, 0.1) is 12.7 Å². The number of alkyl halides is 3. The topological polar surface area (TPSA) is 29.5 Å². The molecule has 0 aromatic heterocycles. The van der Waals surface area contributed by atoms with Gasteiger partial charge >= 0.3 is 6.18 Å². The number of methoxy groups -OCH3 is 1. The maximum absolute atomic E-state index is 12.8. The van der Waals surface area contributed by atoms with E-state index in [-0.39, 0.29) is 11.3 Å². The molecule has 2 aromatic carbocycles. The Morgan fingerprint density at radius 3 is 2.56 bits per heavy atom. The molecule has 1 aliphatic heterocycles. The summed E-state index contributed by atoms with van der Waals surface area (Å²) in [6, 6.07) is 11.9. The van der Waals surface area contributed by atoms with Gasteiger partial charge in [-0.05, 0) is 35.9 Å². The SMILES string of the molecule is COc1cccc(C(=O)N2CCS[C@H]2c2ccc(C(F)(F)F)cc2)c1. The van der Waals surface area contributed by atoms with Gasteiger partial charge in [0.15, 0.2) is 0 Å². The first-order valence-corrected chi connectivity index (χ1v) is 8.69. The van der Waals surface area contributed by atoms with Crippen LogP contribution < -0.4 is 4.74 Å². The summed E-state index contributed by atoms with van der Waals surface area (Å²) in [5, 5.41) is -0.291. The molecule has 0 saturated carbocycles. The van der Waals surface area contributed by atoms with Crippen molar-refractivity contribution < 1.29 is 22.7 Å². The summed E-state index contributed by atoms with van der Waals surface area (Å²) in [4.78, 5) is 14.5. The van der Waals surface area contributed by atoms with E-state index in [9.17, 15) is 18.0 Å². The van der Waals surface area contributed by atoms with E-state index >= 15 is 0 Å². The van der Waals surface area contributed by atoms with Crippen molar-refractivity contribution in [3.8, 4) is 5.75 Å². The fraction of sp³-hybridized carbons (Fsp3) is 0.278. The lowest BCUT2D eigenvalue weighted by atomic mass is 10.1. The molecule has 132 valence electrons. The molecule has 2 aromatic rings. The Morgan fingerprint density at radius 2 is 1.92 bits per heavy atom. The van der Waals surface area contributed by atoms with Crippen molar-refractivity contribution in [2.45, 2.75) is 11.6 Å². The van der Waals surface area contributed by atoms with Crippen LogP contribution in [-0.4, -0.2) is 30.2 Å². The van der Waals surface area contributed by atoms with Gasteiger partial charge in [0, 0.05) is 17.9 Å². The number of carbonyl (C=O) groups is 1. The first-order valence-electron chi connectivity index (χ1n) is 7.64. The van der Waals surface area contributed by atoms with Gasteiger partial charge < -0.3 is 9.64 Å². The van der Waals surface area contributed by atoms with Gasteiger partial charge in [-0.1, -0.05) is 18.2 Å². The smallest absolute Gasteiger partial charge is 0.416 e. The summed E-state index contributed by atoms with van der Waals surface area (Å²) in [5.41, 5.74) is 0.496. The zero-order valence-corrected chi connectivity index (χ0v) is 14.2. The van der Waals surface area contributed by atoms with Crippen LogP contribution in [0.5, 0.6) is 5.75 Å². The Kier molecular flexibility index (Phi) is 4.94. The molecule has 1 heterocycles. The van der Waals surface area contributed by atoms with E-state index in [0.717, 1.165) is 17.9 Å². The van der Waals surface area contributed by atoms with E-state index in [4.69, 9.17) is 4.74 Å². The molecule has 0 bridgehead atoms. The second kappa shape index (κ2) is 7.00. The molecule has 1 atom stereocenters. The number of nitrogens with zero attached hydrogens (tertiary/aromatic N) is 1. The molecule has 0 aliphatic carbocycles. The van der Waals surface area contributed by atoms with Crippen molar-refractivity contribution in [3.05, 3.63) is 65.2 Å². The predicted octanol–water partition coefficient (Wildman–Crippen LogP) is 4.60. The molecule has 25 heavy (non-hydrogen) atoms. The Morgan fingerprint density at radius 1 is 1.20 bits per heavy atom. The zero-order valence-electron chi connectivity index (χ0n) is 13.4. The highest BCUT2D eigenvalue weighted by Gasteiger charge is 2.33. The molecule has 7 heteroatoms. The molecule has 1 fully saturated rings. The van der Waals surface area contributed by atoms with Crippen molar-refractivity contribution in [1.82, 2.24) is 4.90 Å². The number of rotatable bonds is 3. The molecule has 1 aliphatic rings. The van der Waals surface area contributed by atoms with Crippen molar-refractivity contribution in [2.75, 3.05) is 19.4 Å². The van der Waals surface area contributed by atoms with E-state index in [2.05, 4.69) is 0 Å². The number of amides is 1. The van der Waals surface area contributed by atoms with Gasteiger partial charge in [-0.3, -0.25) is 4.79 Å². The van der Waals surface area contributed by atoms with E-state index < -0.39 is 11.7 Å². The van der Waals surface area contributed by atoms with Gasteiger partial charge in [-0.15, -0.1) is 11.8 Å². The lowest BCUT2D eigenvalue weighted by Gasteiger charge is -2.24. The maximum Gasteiger partial charge on any atom is 0.416 e. The Hall–Kier alpha value is -2.15. The third-order valence-electron chi connectivity index (χ3n) is 3.99. The maximum atomic E-state index is 12.8. The quantitative estimate of drug-likeness (QED) is 0.794. The second-order valence-corrected chi connectivity index (χ2v) is 6.76. The normalized spacial score (nSPS) is 17.6. The monoisotopic (exact) mass is 367 g/mol. The number of halogens is 3. The highest BCUT2D eigenvalue weighted by molar-refractivity contribution is 7.99. The lowest BCUT2D eigenvalue weighted by molar-refractivity contribution is -0.137. The van der Waals surface area contributed by atoms with Crippen molar-refractivity contribution in [2.24, 2.45) is 0 Å². The Balaban J connectivity index is 1.83. The molecule has 3 nitrogen and oxygen atoms in total. The second-order valence-electron chi connectivity index (χ2n) is 5.57. The van der Waals surface area contributed by atoms with E-state index in [1.807, 2.05) is 0 Å². The molecule has 1 amide bonds. The number of ether oxygens (including phenoxy) is 1. The molecule has 0 spiro atoms. The van der Waals surface area contributed by atoms with Crippen LogP contribution in [-0.2, 0) is 6.18 Å². The molecule has 0 N–H and O–H groups in total. The Bertz CT molecular complexity index is 762. The van der Waals surface area contributed by atoms with Crippen LogP contribution in [0.1, 0.15) is 26.9 Å². The van der Waals surface area contributed by atoms with Crippen LogP contribution in [0.4, 0.5) is 13.2 Å². The molecule has 0 radical (unpaired) electrons. The third-order valence-corrected chi connectivity index (χ3v) is 5.25. The molecular formula is C18H16F3NO2S. The first-order chi connectivity index (χ1) is 11.9. The number of benzene rings is 2. The molecule has 1 saturated heterocycles. The summed E-state index contributed by atoms with van der Waals surface area (Å²) < 4.78 is 43.3. The fourth-order valence-electron chi connectivity index (χ4n) is 2.71. The van der Waals surface area contributed by atoms with Crippen LogP contribution in [0.15, 0.2) is 48.5 Å². The number of hydrogen-bond donors (Lipinski definition) is 0. The van der Waals surface area contributed by atoms with Gasteiger partial charge in [0.2, 0.25) is 0 Å². The van der Waals surface area contributed by atoms with E-state index in [0.29, 0.717) is 23.4 Å². The summed E-state index contributed by atoms with van der Waals surface area (Å²) in [7, 11) is 1.53. The number of carbonyl (C=O) groups excluding carboxylic acids is 1. The minimum atomic E-state index is -4.36. The van der Waals surface area contributed by atoms with Crippen LogP contribution in [0.2, 0.25) is 0 Å². The standard InChI is InChI=1S/C18H16F3NO2S/c1-24-15-4-2-3-13(11-15)16(23)22-9-10-25-17(22)12-5-7-14(8-6-12)18(19,20)21/h2-8,11,17H,9-10H2,1H3/t17-/m0/s1. The van der Waals surface area contributed by atoms with Gasteiger partial charge in [0.1, 0.15) is 11.1 Å². The van der Waals surface area contributed by atoms with Crippen molar-refractivity contribution in [1.29, 1.82) is 0 Å². The molecule has 3 rings (SSSR count). The average Bonchev–Trinajstić information content (AvgIpc) is 3.10. The van der Waals surface area contributed by atoms with Crippen LogP contribution in [0.3, 0.4) is 0 Å². The van der Waals surface area contributed by atoms with Crippen LogP contribution in [0, 0.1) is 0 Å². The summed E-state index contributed by atoms with van der Waals surface area (Å²) in [5.74, 6) is 1.17. The Labute approximate surface area is 147 Å². The summed E-state index contributed by atoms with van der Waals surface area (Å²) >= 11 is 1.54. The van der Waals surface area contributed by atoms with Crippen molar-refractivity contribution >= 4 is 17.7 Å². The summed E-state index contributed by atoms with van der Waals surface area (Å²) in [6.07, 6.45) is -4.36. The van der Waals surface area contributed by atoms with E-state index in [1.54, 1.807) is 40.9 Å². The first kappa shape index (κ1) is 17.7. The van der Waals surface area contributed by atoms with Gasteiger partial charge in [-0.2, -0.15) is 13.2 Å². The molecular weight excluding hydrogens is 351 g/mol. The summed E-state index contributed by atoms with van der Waals surface area (Å²) in [6.45, 7) is 0.548. The highest BCUT2D eigenvalue weighted by Crippen LogP contribution is 2.40. The van der Waals surface area contributed by atoms with Gasteiger partial charge in [-0.25, -0.2) is 0 Å². The lowest BCUT2D eigenvalue weighted by Crippen LogP contribution is -2.30. The number of thioether (sulfide) groups is 1. The zero-order chi connectivity index (χ0) is 18.0. The highest BCUT2D eigenvalue weighted by atomic mass is 32.2. The van der Waals surface area contributed by atoms with E-state index in [1.165, 1.54) is 19.2 Å². The third kappa shape index (κ3) is 3.76. The minimum absolute atomic E-state index is 0.159.